The van der Waals surface area contributed by atoms with Gasteiger partial charge in [0.25, 0.3) is 5.91 Å². The fraction of sp³-hybridized carbons (Fsp3) is 0.588. The van der Waals surface area contributed by atoms with Crippen LogP contribution in [0.15, 0.2) is 24.3 Å². The van der Waals surface area contributed by atoms with Gasteiger partial charge in [-0.05, 0) is 50.6 Å². The number of ether oxygens (including phenoxy) is 1. The molecule has 21 heavy (non-hydrogen) atoms. The highest BCUT2D eigenvalue weighted by Crippen LogP contribution is 2.13. The Bertz CT molecular complexity index is 439. The molecule has 1 amide bonds. The molecule has 0 saturated carbocycles. The molecule has 4 nitrogen and oxygen atoms in total. The fourth-order valence-corrected chi connectivity index (χ4v) is 2.74. The van der Waals surface area contributed by atoms with Gasteiger partial charge in [0.2, 0.25) is 0 Å². The minimum atomic E-state index is -0.0379. The predicted octanol–water partition coefficient (Wildman–Crippen LogP) is 2.44. The van der Waals surface area contributed by atoms with Gasteiger partial charge in [-0.25, -0.2) is 0 Å². The summed E-state index contributed by atoms with van der Waals surface area (Å²) in [4.78, 5) is 14.5. The van der Waals surface area contributed by atoms with Crippen LogP contribution in [0.2, 0.25) is 0 Å². The second kappa shape index (κ2) is 8.15. The zero-order valence-electron chi connectivity index (χ0n) is 13.1. The summed E-state index contributed by atoms with van der Waals surface area (Å²) in [6, 6.07) is 7.97. The van der Waals surface area contributed by atoms with E-state index in [0.29, 0.717) is 12.2 Å². The lowest BCUT2D eigenvalue weighted by Crippen LogP contribution is -2.35. The number of benzene rings is 1. The monoisotopic (exact) mass is 290 g/mol. The van der Waals surface area contributed by atoms with Crippen LogP contribution in [0.25, 0.3) is 0 Å². The number of hydrogen-bond donors (Lipinski definition) is 1. The number of rotatable bonds is 6. The second-order valence-electron chi connectivity index (χ2n) is 5.86. The Morgan fingerprint density at radius 1 is 1.24 bits per heavy atom. The highest BCUT2D eigenvalue weighted by atomic mass is 16.5. The largest absolute Gasteiger partial charge is 0.383 e. The summed E-state index contributed by atoms with van der Waals surface area (Å²) in [7, 11) is 1.64. The minimum absolute atomic E-state index is 0.0236. The average molecular weight is 290 g/mol. The van der Waals surface area contributed by atoms with E-state index in [2.05, 4.69) is 22.3 Å². The van der Waals surface area contributed by atoms with E-state index in [1.165, 1.54) is 37.9 Å². The van der Waals surface area contributed by atoms with Crippen LogP contribution in [-0.4, -0.2) is 43.7 Å². The van der Waals surface area contributed by atoms with Crippen molar-refractivity contribution < 1.29 is 9.53 Å². The fourth-order valence-electron chi connectivity index (χ4n) is 2.74. The zero-order chi connectivity index (χ0) is 15.1. The lowest BCUT2D eigenvalue weighted by Gasteiger charge is -2.26. The van der Waals surface area contributed by atoms with Gasteiger partial charge < -0.3 is 10.1 Å². The van der Waals surface area contributed by atoms with Gasteiger partial charge in [-0.15, -0.1) is 0 Å². The molecular formula is C17H26N2O2. The van der Waals surface area contributed by atoms with Gasteiger partial charge in [0.1, 0.15) is 0 Å². The van der Waals surface area contributed by atoms with E-state index >= 15 is 0 Å². The highest BCUT2D eigenvalue weighted by Gasteiger charge is 2.12. The Morgan fingerprint density at radius 3 is 2.52 bits per heavy atom. The Hall–Kier alpha value is -1.39. The topological polar surface area (TPSA) is 41.6 Å². The molecule has 1 unspecified atom stereocenters. The number of likely N-dealkylation sites (tertiary alicyclic amines) is 1. The van der Waals surface area contributed by atoms with Crippen LogP contribution >= 0.6 is 0 Å². The van der Waals surface area contributed by atoms with E-state index in [1.807, 2.05) is 19.1 Å². The third-order valence-corrected chi connectivity index (χ3v) is 3.87. The standard InChI is InChI=1S/C17H26N2O2/c1-14(13-21-2)18-17(20)16-8-6-15(7-9-16)12-19-10-4-3-5-11-19/h6-9,14H,3-5,10-13H2,1-2H3,(H,18,20). The van der Waals surface area contributed by atoms with Crippen molar-refractivity contribution >= 4 is 5.91 Å². The Labute approximate surface area is 127 Å². The first-order valence-corrected chi connectivity index (χ1v) is 7.80. The molecule has 1 aromatic carbocycles. The van der Waals surface area contributed by atoms with Gasteiger partial charge in [-0.3, -0.25) is 9.69 Å². The zero-order valence-corrected chi connectivity index (χ0v) is 13.1. The SMILES string of the molecule is COCC(C)NC(=O)c1ccc(CN2CCCCC2)cc1. The first-order chi connectivity index (χ1) is 10.2. The van der Waals surface area contributed by atoms with Crippen molar-refractivity contribution in [2.24, 2.45) is 0 Å². The minimum Gasteiger partial charge on any atom is -0.383 e. The molecule has 1 aliphatic rings. The lowest BCUT2D eigenvalue weighted by atomic mass is 10.1. The van der Waals surface area contributed by atoms with Crippen LogP contribution in [0.4, 0.5) is 0 Å². The number of carbonyl (C=O) groups is 1. The predicted molar refractivity (Wildman–Crippen MR) is 84.4 cm³/mol. The third kappa shape index (κ3) is 5.14. The molecule has 4 heteroatoms. The van der Waals surface area contributed by atoms with Gasteiger partial charge in [-0.1, -0.05) is 18.6 Å². The Morgan fingerprint density at radius 2 is 1.90 bits per heavy atom. The van der Waals surface area contributed by atoms with Crippen LogP contribution in [0.5, 0.6) is 0 Å². The van der Waals surface area contributed by atoms with E-state index in [-0.39, 0.29) is 11.9 Å². The molecule has 0 bridgehead atoms. The lowest BCUT2D eigenvalue weighted by molar-refractivity contribution is 0.0905. The molecular weight excluding hydrogens is 264 g/mol. The van der Waals surface area contributed by atoms with Crippen LogP contribution in [0, 0.1) is 0 Å². The number of piperidine rings is 1. The van der Waals surface area contributed by atoms with E-state index in [9.17, 15) is 4.79 Å². The van der Waals surface area contributed by atoms with E-state index < -0.39 is 0 Å². The van der Waals surface area contributed by atoms with E-state index in [0.717, 1.165) is 6.54 Å². The van der Waals surface area contributed by atoms with Crippen molar-refractivity contribution in [3.63, 3.8) is 0 Å². The van der Waals surface area contributed by atoms with Crippen LogP contribution in [0.3, 0.4) is 0 Å². The van der Waals surface area contributed by atoms with Gasteiger partial charge in [0, 0.05) is 25.3 Å². The maximum Gasteiger partial charge on any atom is 0.251 e. The van der Waals surface area contributed by atoms with Crippen molar-refractivity contribution in [3.8, 4) is 0 Å². The summed E-state index contributed by atoms with van der Waals surface area (Å²) < 4.78 is 5.02. The third-order valence-electron chi connectivity index (χ3n) is 3.87. The molecule has 2 rings (SSSR count). The highest BCUT2D eigenvalue weighted by molar-refractivity contribution is 5.94. The average Bonchev–Trinajstić information content (AvgIpc) is 2.49. The molecule has 0 radical (unpaired) electrons. The molecule has 1 saturated heterocycles. The number of methoxy groups -OCH3 is 1. The molecule has 0 aliphatic carbocycles. The van der Waals surface area contributed by atoms with Gasteiger partial charge in [0.05, 0.1) is 6.61 Å². The molecule has 1 atom stereocenters. The van der Waals surface area contributed by atoms with Crippen molar-refractivity contribution in [1.82, 2.24) is 10.2 Å². The van der Waals surface area contributed by atoms with Gasteiger partial charge in [0.15, 0.2) is 0 Å². The number of nitrogens with zero attached hydrogens (tertiary/aromatic N) is 1. The van der Waals surface area contributed by atoms with Crippen molar-refractivity contribution in [2.45, 2.75) is 38.8 Å². The first-order valence-electron chi connectivity index (χ1n) is 7.80. The summed E-state index contributed by atoms with van der Waals surface area (Å²) >= 11 is 0. The van der Waals surface area contributed by atoms with E-state index in [1.54, 1.807) is 7.11 Å². The van der Waals surface area contributed by atoms with Crippen molar-refractivity contribution in [2.75, 3.05) is 26.8 Å². The first kappa shape index (κ1) is 16.0. The smallest absolute Gasteiger partial charge is 0.251 e. The molecule has 0 aromatic heterocycles. The van der Waals surface area contributed by atoms with Crippen molar-refractivity contribution in [3.05, 3.63) is 35.4 Å². The van der Waals surface area contributed by atoms with Crippen LogP contribution < -0.4 is 5.32 Å². The second-order valence-corrected chi connectivity index (χ2v) is 5.86. The normalized spacial score (nSPS) is 17.4. The summed E-state index contributed by atoms with van der Waals surface area (Å²) in [6.45, 7) is 5.83. The molecule has 0 spiro atoms. The van der Waals surface area contributed by atoms with Crippen LogP contribution in [0.1, 0.15) is 42.1 Å². The molecule has 1 fully saturated rings. The summed E-state index contributed by atoms with van der Waals surface area (Å²) in [5, 5.41) is 2.92. The molecule has 1 N–H and O–H groups in total. The number of amides is 1. The Balaban J connectivity index is 1.87. The van der Waals surface area contributed by atoms with Crippen molar-refractivity contribution in [1.29, 1.82) is 0 Å². The number of nitrogens with one attached hydrogen (secondary N) is 1. The summed E-state index contributed by atoms with van der Waals surface area (Å²) in [5.74, 6) is -0.0379. The molecule has 1 aromatic rings. The molecule has 116 valence electrons. The van der Waals surface area contributed by atoms with Gasteiger partial charge >= 0.3 is 0 Å². The summed E-state index contributed by atoms with van der Waals surface area (Å²) in [5.41, 5.74) is 1.98. The maximum atomic E-state index is 12.1. The molecule has 1 heterocycles. The van der Waals surface area contributed by atoms with E-state index in [4.69, 9.17) is 4.74 Å². The van der Waals surface area contributed by atoms with Gasteiger partial charge in [-0.2, -0.15) is 0 Å². The number of carbonyl (C=O) groups excluding carboxylic acids is 1. The summed E-state index contributed by atoms with van der Waals surface area (Å²) in [6.07, 6.45) is 3.96. The quantitative estimate of drug-likeness (QED) is 0.875. The Kier molecular flexibility index (Phi) is 6.21. The molecule has 1 aliphatic heterocycles. The maximum absolute atomic E-state index is 12.1. The number of hydrogen-bond acceptors (Lipinski definition) is 3. The van der Waals surface area contributed by atoms with Crippen LogP contribution in [-0.2, 0) is 11.3 Å².